The summed E-state index contributed by atoms with van der Waals surface area (Å²) in [5, 5.41) is 7.88. The fraction of sp³-hybridized carbons (Fsp3) is 0.500. The summed E-state index contributed by atoms with van der Waals surface area (Å²) in [6.45, 7) is 1.33. The van der Waals surface area contributed by atoms with Crippen LogP contribution in [0.25, 0.3) is 0 Å². The van der Waals surface area contributed by atoms with E-state index in [9.17, 15) is 4.79 Å². The molecule has 2 aliphatic rings. The van der Waals surface area contributed by atoms with Crippen LogP contribution in [0.3, 0.4) is 0 Å². The maximum Gasteiger partial charge on any atom is 0.241 e. The van der Waals surface area contributed by atoms with Crippen molar-refractivity contribution in [2.24, 2.45) is 0 Å². The molecule has 1 atom stereocenters. The van der Waals surface area contributed by atoms with Crippen molar-refractivity contribution in [3.05, 3.63) is 40.0 Å². The zero-order chi connectivity index (χ0) is 18.1. The average Bonchev–Trinajstić information content (AvgIpc) is 3.38. The summed E-state index contributed by atoms with van der Waals surface area (Å²) in [4.78, 5) is 19.4. The first-order chi connectivity index (χ1) is 12.6. The van der Waals surface area contributed by atoms with Crippen LogP contribution in [0.5, 0.6) is 0 Å². The number of aromatic nitrogens is 2. The lowest BCUT2D eigenvalue weighted by Gasteiger charge is -2.33. The van der Waals surface area contributed by atoms with Gasteiger partial charge in [-0.2, -0.15) is 4.98 Å². The van der Waals surface area contributed by atoms with Crippen LogP contribution in [0.4, 0.5) is 5.69 Å². The third-order valence-corrected chi connectivity index (χ3v) is 5.61. The number of nitrogens with zero attached hydrogens (tertiary/aromatic N) is 3. The summed E-state index contributed by atoms with van der Waals surface area (Å²) >= 11 is 12.0. The molecule has 4 rings (SSSR count). The van der Waals surface area contributed by atoms with Crippen LogP contribution in [0.1, 0.15) is 49.7 Å². The molecule has 1 aliphatic carbocycles. The molecule has 26 heavy (non-hydrogen) atoms. The van der Waals surface area contributed by atoms with Crippen molar-refractivity contribution >= 4 is 34.8 Å². The molecule has 1 aliphatic heterocycles. The zero-order valence-electron chi connectivity index (χ0n) is 14.3. The molecule has 1 N–H and O–H groups in total. The van der Waals surface area contributed by atoms with Gasteiger partial charge in [-0.25, -0.2) is 0 Å². The summed E-state index contributed by atoms with van der Waals surface area (Å²) in [5.41, 5.74) is 0.642. The molecule has 1 saturated carbocycles. The van der Waals surface area contributed by atoms with E-state index < -0.39 is 0 Å². The monoisotopic (exact) mass is 394 g/mol. The van der Waals surface area contributed by atoms with Crippen molar-refractivity contribution in [3.63, 3.8) is 0 Å². The van der Waals surface area contributed by atoms with Gasteiger partial charge in [-0.05, 0) is 50.4 Å². The van der Waals surface area contributed by atoms with Crippen molar-refractivity contribution in [2.75, 3.05) is 11.9 Å². The summed E-state index contributed by atoms with van der Waals surface area (Å²) in [5.74, 6) is 1.79. The van der Waals surface area contributed by atoms with Gasteiger partial charge in [-0.1, -0.05) is 34.8 Å². The van der Waals surface area contributed by atoms with Gasteiger partial charge in [-0.15, -0.1) is 0 Å². The summed E-state index contributed by atoms with van der Waals surface area (Å²) in [6.07, 6.45) is 5.15. The lowest BCUT2D eigenvalue weighted by atomic mass is 10.0. The Hall–Kier alpha value is -1.63. The minimum absolute atomic E-state index is 0.0509. The first-order valence-corrected chi connectivity index (χ1v) is 9.68. The Bertz CT molecular complexity index is 806. The van der Waals surface area contributed by atoms with Gasteiger partial charge in [0.05, 0.1) is 22.6 Å². The molecule has 0 bridgehead atoms. The third-order valence-electron chi connectivity index (χ3n) is 4.87. The Morgan fingerprint density at radius 2 is 2.08 bits per heavy atom. The van der Waals surface area contributed by atoms with Crippen molar-refractivity contribution in [2.45, 2.75) is 50.6 Å². The van der Waals surface area contributed by atoms with E-state index in [0.717, 1.165) is 44.5 Å². The van der Waals surface area contributed by atoms with Crippen molar-refractivity contribution in [1.82, 2.24) is 15.0 Å². The SMILES string of the molecule is O=C(Nc1ccc(Cl)c(Cl)c1)[C@@H]1CCCCN1Cc1nc(C2CC2)no1. The van der Waals surface area contributed by atoms with Crippen LogP contribution in [-0.2, 0) is 11.3 Å². The minimum Gasteiger partial charge on any atom is -0.338 e. The average molecular weight is 395 g/mol. The number of piperidine rings is 1. The topological polar surface area (TPSA) is 71.3 Å². The molecule has 138 valence electrons. The van der Waals surface area contributed by atoms with E-state index in [1.165, 1.54) is 0 Å². The first kappa shape index (κ1) is 17.8. The number of anilines is 1. The second-order valence-corrected chi connectivity index (χ2v) is 7.74. The van der Waals surface area contributed by atoms with Crippen molar-refractivity contribution < 1.29 is 9.32 Å². The van der Waals surface area contributed by atoms with E-state index in [2.05, 4.69) is 20.4 Å². The summed E-state index contributed by atoms with van der Waals surface area (Å²) in [7, 11) is 0. The third kappa shape index (κ3) is 4.03. The molecule has 1 aromatic heterocycles. The predicted octanol–water partition coefficient (Wildman–Crippen LogP) is 4.25. The molecule has 6 nitrogen and oxygen atoms in total. The van der Waals surface area contributed by atoms with Gasteiger partial charge in [-0.3, -0.25) is 9.69 Å². The molecular weight excluding hydrogens is 375 g/mol. The Balaban J connectivity index is 1.43. The minimum atomic E-state index is -0.227. The molecule has 2 fully saturated rings. The standard InChI is InChI=1S/C18H20Cl2N4O2/c19-13-7-6-12(9-14(13)20)21-18(25)15-3-1-2-8-24(15)10-16-22-17(23-26-16)11-4-5-11/h6-7,9,11,15H,1-5,8,10H2,(H,21,25)/t15-/m0/s1. The number of carbonyl (C=O) groups excluding carboxylic acids is 1. The molecule has 2 heterocycles. The van der Waals surface area contributed by atoms with E-state index in [-0.39, 0.29) is 11.9 Å². The molecule has 8 heteroatoms. The van der Waals surface area contributed by atoms with Crippen LogP contribution in [0.2, 0.25) is 10.0 Å². The van der Waals surface area contributed by atoms with Gasteiger partial charge >= 0.3 is 0 Å². The van der Waals surface area contributed by atoms with Gasteiger partial charge in [0.1, 0.15) is 0 Å². The predicted molar refractivity (Wildman–Crippen MR) is 99.4 cm³/mol. The molecule has 1 aromatic carbocycles. The van der Waals surface area contributed by atoms with Gasteiger partial charge < -0.3 is 9.84 Å². The smallest absolute Gasteiger partial charge is 0.241 e. The van der Waals surface area contributed by atoms with Crippen molar-refractivity contribution in [3.8, 4) is 0 Å². The number of amides is 1. The number of hydrogen-bond acceptors (Lipinski definition) is 5. The quantitative estimate of drug-likeness (QED) is 0.820. The maximum absolute atomic E-state index is 12.8. The number of hydrogen-bond donors (Lipinski definition) is 1. The number of rotatable bonds is 5. The number of nitrogens with one attached hydrogen (secondary N) is 1. The van der Waals surface area contributed by atoms with Crippen LogP contribution >= 0.6 is 23.2 Å². The number of likely N-dealkylation sites (tertiary alicyclic amines) is 1. The highest BCUT2D eigenvalue weighted by Crippen LogP contribution is 2.38. The summed E-state index contributed by atoms with van der Waals surface area (Å²) < 4.78 is 5.38. The van der Waals surface area contributed by atoms with E-state index in [4.69, 9.17) is 27.7 Å². The fourth-order valence-electron chi connectivity index (χ4n) is 3.29. The highest BCUT2D eigenvalue weighted by Gasteiger charge is 2.32. The summed E-state index contributed by atoms with van der Waals surface area (Å²) in [6, 6.07) is 4.86. The van der Waals surface area contributed by atoms with Crippen LogP contribution < -0.4 is 5.32 Å². The molecule has 0 unspecified atom stereocenters. The maximum atomic E-state index is 12.8. The Morgan fingerprint density at radius 3 is 2.85 bits per heavy atom. The van der Waals surface area contributed by atoms with E-state index in [1.807, 2.05) is 0 Å². The van der Waals surface area contributed by atoms with E-state index in [0.29, 0.717) is 34.1 Å². The highest BCUT2D eigenvalue weighted by molar-refractivity contribution is 6.42. The van der Waals surface area contributed by atoms with E-state index >= 15 is 0 Å². The second kappa shape index (κ2) is 7.55. The van der Waals surface area contributed by atoms with Crippen LogP contribution in [0.15, 0.2) is 22.7 Å². The van der Waals surface area contributed by atoms with Gasteiger partial charge in [0.15, 0.2) is 5.82 Å². The Morgan fingerprint density at radius 1 is 1.23 bits per heavy atom. The Labute approximate surface area is 161 Å². The van der Waals surface area contributed by atoms with Crippen LogP contribution in [-0.4, -0.2) is 33.5 Å². The molecule has 0 spiro atoms. The van der Waals surface area contributed by atoms with E-state index in [1.54, 1.807) is 18.2 Å². The molecule has 1 saturated heterocycles. The van der Waals surface area contributed by atoms with Crippen LogP contribution in [0, 0.1) is 0 Å². The normalized spacial score (nSPS) is 20.9. The van der Waals surface area contributed by atoms with Gasteiger partial charge in [0, 0.05) is 11.6 Å². The zero-order valence-corrected chi connectivity index (χ0v) is 15.8. The molecule has 2 aromatic rings. The number of benzene rings is 1. The fourth-order valence-corrected chi connectivity index (χ4v) is 3.59. The lowest BCUT2D eigenvalue weighted by molar-refractivity contribution is -0.122. The number of halogens is 2. The largest absolute Gasteiger partial charge is 0.338 e. The second-order valence-electron chi connectivity index (χ2n) is 6.92. The number of carbonyl (C=O) groups is 1. The Kier molecular flexibility index (Phi) is 5.16. The van der Waals surface area contributed by atoms with Gasteiger partial charge in [0.2, 0.25) is 11.8 Å². The lowest BCUT2D eigenvalue weighted by Crippen LogP contribution is -2.46. The first-order valence-electron chi connectivity index (χ1n) is 8.92. The highest BCUT2D eigenvalue weighted by atomic mass is 35.5. The molecule has 1 amide bonds. The molecular formula is C18H20Cl2N4O2. The van der Waals surface area contributed by atoms with Crippen molar-refractivity contribution in [1.29, 1.82) is 0 Å². The van der Waals surface area contributed by atoms with Gasteiger partial charge in [0.25, 0.3) is 0 Å². The molecule has 0 radical (unpaired) electrons.